The van der Waals surface area contributed by atoms with Gasteiger partial charge in [0.15, 0.2) is 17.4 Å². The van der Waals surface area contributed by atoms with Gasteiger partial charge in [-0.3, -0.25) is 19.9 Å². The van der Waals surface area contributed by atoms with Gasteiger partial charge in [-0.25, -0.2) is 4.39 Å². The Labute approximate surface area is 296 Å². The number of carbonyl (C=O) groups excluding carboxylic acids is 2. The highest BCUT2D eigenvalue weighted by atomic mass is 19.1. The Kier molecular flexibility index (Phi) is 9.01. The number of likely N-dealkylation sites (tertiary alicyclic amines) is 1. The second-order valence-electron chi connectivity index (χ2n) is 14.2. The molecule has 2 aromatic heterocycles. The van der Waals surface area contributed by atoms with E-state index in [4.69, 9.17) is 10.5 Å². The molecular formula is C39H42FN7O4. The molecular weight excluding hydrogens is 649 g/mol. The zero-order chi connectivity index (χ0) is 35.1. The molecule has 4 aliphatic rings. The maximum absolute atomic E-state index is 14.0. The first-order valence-electron chi connectivity index (χ1n) is 18.0. The number of fused-ring (bicyclic) bond motifs is 1. The lowest BCUT2D eigenvalue weighted by molar-refractivity contribution is -0.134. The summed E-state index contributed by atoms with van der Waals surface area (Å²) in [7, 11) is 0. The predicted octanol–water partition coefficient (Wildman–Crippen LogP) is 5.54. The summed E-state index contributed by atoms with van der Waals surface area (Å²) in [6, 6.07) is 16.7. The molecule has 3 fully saturated rings. The summed E-state index contributed by atoms with van der Waals surface area (Å²) in [6.07, 6.45) is 9.23. The van der Waals surface area contributed by atoms with Gasteiger partial charge in [0.05, 0.1) is 23.6 Å². The number of phenols is 1. The molecule has 4 aromatic rings. The molecule has 1 atom stereocenters. The quantitative estimate of drug-likeness (QED) is 0.220. The molecule has 2 amide bonds. The Hall–Kier alpha value is -5.10. The molecule has 0 unspecified atom stereocenters. The minimum atomic E-state index is -0.725. The Morgan fingerprint density at radius 2 is 1.67 bits per heavy atom. The number of piperidine rings is 2. The first-order valence-corrected chi connectivity index (χ1v) is 18.0. The smallest absolute Gasteiger partial charge is 0.249 e. The number of rotatable bonds is 6. The van der Waals surface area contributed by atoms with E-state index in [0.717, 1.165) is 63.1 Å². The summed E-state index contributed by atoms with van der Waals surface area (Å²) in [5, 5.41) is 21.0. The number of halogens is 1. The number of aromatic nitrogens is 3. The molecule has 51 heavy (non-hydrogen) atoms. The van der Waals surface area contributed by atoms with Crippen LogP contribution < -0.4 is 20.7 Å². The highest BCUT2D eigenvalue weighted by molar-refractivity contribution is 6.02. The van der Waals surface area contributed by atoms with Crippen molar-refractivity contribution in [3.8, 4) is 34.0 Å². The summed E-state index contributed by atoms with van der Waals surface area (Å²) >= 11 is 0. The van der Waals surface area contributed by atoms with Crippen LogP contribution in [0.5, 0.6) is 11.5 Å². The monoisotopic (exact) mass is 691 g/mol. The molecule has 264 valence electrons. The van der Waals surface area contributed by atoms with Crippen molar-refractivity contribution in [2.45, 2.75) is 75.3 Å². The van der Waals surface area contributed by atoms with Gasteiger partial charge in [-0.05, 0) is 117 Å². The number of hydrogen-bond donors (Lipinski definition) is 3. The molecule has 8 rings (SSSR count). The number of pyridine rings is 1. The van der Waals surface area contributed by atoms with Gasteiger partial charge in [-0.15, -0.1) is 10.2 Å². The van der Waals surface area contributed by atoms with Gasteiger partial charge in [-0.2, -0.15) is 0 Å². The standard InChI is InChI=1S/C39H42FN7O4/c40-30-5-1-4-28(36(30)49)32-22-29(38(41)45-44-32)31-21-25(13-16-42-31)23-14-17-46(18-15-23)26-9-7-24(8-10-26)27-3-2-6-33-37(27)51-20-19-47(33)34-11-12-35(48)43-39(34)50/h1-6,13,16,21-24,26,34,49H,7-12,14-15,17-20H2,(H2,41,45)(H,43,48,50)/t24?,26?,34-/m0/s1. The highest BCUT2D eigenvalue weighted by Crippen LogP contribution is 2.45. The molecule has 3 aliphatic heterocycles. The van der Waals surface area contributed by atoms with E-state index >= 15 is 0 Å². The number of para-hydroxylation sites is 2. The average Bonchev–Trinajstić information content (AvgIpc) is 3.16. The van der Waals surface area contributed by atoms with Crippen LogP contribution in [-0.4, -0.2) is 75.3 Å². The van der Waals surface area contributed by atoms with Gasteiger partial charge in [0.25, 0.3) is 0 Å². The van der Waals surface area contributed by atoms with Crippen molar-refractivity contribution in [2.75, 3.05) is 36.9 Å². The molecule has 5 heterocycles. The third-order valence-corrected chi connectivity index (χ3v) is 11.3. The van der Waals surface area contributed by atoms with E-state index in [2.05, 4.69) is 54.6 Å². The van der Waals surface area contributed by atoms with E-state index in [0.29, 0.717) is 60.8 Å². The number of nitrogens with zero attached hydrogens (tertiary/aromatic N) is 5. The largest absolute Gasteiger partial charge is 0.504 e. The van der Waals surface area contributed by atoms with Crippen molar-refractivity contribution in [2.24, 2.45) is 0 Å². The number of anilines is 2. The van der Waals surface area contributed by atoms with E-state index in [-0.39, 0.29) is 29.2 Å². The number of aromatic hydroxyl groups is 1. The van der Waals surface area contributed by atoms with Gasteiger partial charge in [0, 0.05) is 29.8 Å². The molecule has 0 radical (unpaired) electrons. The normalized spacial score (nSPS) is 23.0. The maximum Gasteiger partial charge on any atom is 0.249 e. The van der Waals surface area contributed by atoms with Gasteiger partial charge in [0.1, 0.15) is 18.4 Å². The van der Waals surface area contributed by atoms with Gasteiger partial charge in [0.2, 0.25) is 11.8 Å². The first-order chi connectivity index (χ1) is 24.8. The lowest BCUT2D eigenvalue weighted by Gasteiger charge is -2.42. The number of benzene rings is 2. The summed E-state index contributed by atoms with van der Waals surface area (Å²) < 4.78 is 20.3. The van der Waals surface area contributed by atoms with Crippen LogP contribution in [0.2, 0.25) is 0 Å². The van der Waals surface area contributed by atoms with Crippen LogP contribution in [0, 0.1) is 5.82 Å². The fourth-order valence-corrected chi connectivity index (χ4v) is 8.57. The lowest BCUT2D eigenvalue weighted by atomic mass is 9.79. The van der Waals surface area contributed by atoms with Crippen molar-refractivity contribution < 1.29 is 23.8 Å². The Morgan fingerprint density at radius 1 is 0.863 bits per heavy atom. The summed E-state index contributed by atoms with van der Waals surface area (Å²) in [5.41, 5.74) is 11.5. The number of nitrogens with two attached hydrogens (primary N) is 1. The van der Waals surface area contributed by atoms with E-state index in [1.54, 1.807) is 18.3 Å². The molecule has 12 heteroatoms. The Balaban J connectivity index is 0.900. The predicted molar refractivity (Wildman–Crippen MR) is 191 cm³/mol. The number of carbonyl (C=O) groups is 2. The molecule has 2 aromatic carbocycles. The number of hydrogen-bond acceptors (Lipinski definition) is 10. The first kappa shape index (κ1) is 33.1. The minimum absolute atomic E-state index is 0.197. The van der Waals surface area contributed by atoms with E-state index in [9.17, 15) is 19.1 Å². The van der Waals surface area contributed by atoms with Crippen molar-refractivity contribution in [3.63, 3.8) is 0 Å². The van der Waals surface area contributed by atoms with E-state index < -0.39 is 11.6 Å². The summed E-state index contributed by atoms with van der Waals surface area (Å²) in [4.78, 5) is 33.8. The Bertz CT molecular complexity index is 1960. The lowest BCUT2D eigenvalue weighted by Crippen LogP contribution is -2.54. The SMILES string of the molecule is Nc1nnc(-c2cccc(F)c2O)cc1-c1cc(C2CCN(C3CCC(c4cccc5c4OCCN5[C@H]4CCC(=O)NC4=O)CC3)CC2)ccn1. The average molecular weight is 692 g/mol. The number of imide groups is 1. The van der Waals surface area contributed by atoms with Gasteiger partial charge < -0.3 is 25.4 Å². The highest BCUT2D eigenvalue weighted by Gasteiger charge is 2.37. The third-order valence-electron chi connectivity index (χ3n) is 11.3. The third kappa shape index (κ3) is 6.48. The summed E-state index contributed by atoms with van der Waals surface area (Å²) in [5.74, 6) is 0.311. The summed E-state index contributed by atoms with van der Waals surface area (Å²) in [6.45, 7) is 3.22. The van der Waals surface area contributed by atoms with Crippen molar-refractivity contribution in [1.82, 2.24) is 25.4 Å². The van der Waals surface area contributed by atoms with Crippen LogP contribution >= 0.6 is 0 Å². The van der Waals surface area contributed by atoms with Crippen molar-refractivity contribution >= 4 is 23.3 Å². The topological polar surface area (TPSA) is 147 Å². The van der Waals surface area contributed by atoms with Crippen LogP contribution in [-0.2, 0) is 9.59 Å². The van der Waals surface area contributed by atoms with Crippen LogP contribution in [0.15, 0.2) is 60.8 Å². The fraction of sp³-hybridized carbons (Fsp3) is 0.410. The van der Waals surface area contributed by atoms with Crippen molar-refractivity contribution in [3.05, 3.63) is 77.7 Å². The van der Waals surface area contributed by atoms with Crippen LogP contribution in [0.1, 0.15) is 74.3 Å². The van der Waals surface area contributed by atoms with Crippen LogP contribution in [0.25, 0.3) is 22.5 Å². The number of nitrogen functional groups attached to an aromatic ring is 1. The van der Waals surface area contributed by atoms with E-state index in [1.807, 2.05) is 6.07 Å². The molecule has 1 saturated carbocycles. The fourth-order valence-electron chi connectivity index (χ4n) is 8.57. The van der Waals surface area contributed by atoms with Crippen LogP contribution in [0.3, 0.4) is 0 Å². The zero-order valence-corrected chi connectivity index (χ0v) is 28.4. The van der Waals surface area contributed by atoms with E-state index in [1.165, 1.54) is 23.3 Å². The maximum atomic E-state index is 14.0. The Morgan fingerprint density at radius 3 is 2.47 bits per heavy atom. The zero-order valence-electron chi connectivity index (χ0n) is 28.4. The van der Waals surface area contributed by atoms with Crippen LogP contribution in [0.4, 0.5) is 15.9 Å². The molecule has 11 nitrogen and oxygen atoms in total. The molecule has 0 spiro atoms. The second kappa shape index (κ2) is 13.9. The number of phenolic OH excluding ortho intramolecular Hbond substituents is 1. The molecule has 2 saturated heterocycles. The second-order valence-corrected chi connectivity index (χ2v) is 14.2. The van der Waals surface area contributed by atoms with Gasteiger partial charge >= 0.3 is 0 Å². The molecule has 4 N–H and O–H groups in total. The minimum Gasteiger partial charge on any atom is -0.504 e. The number of ether oxygens (including phenoxy) is 1. The number of nitrogens with one attached hydrogen (secondary N) is 1. The molecule has 1 aliphatic carbocycles. The van der Waals surface area contributed by atoms with Crippen molar-refractivity contribution in [1.29, 1.82) is 0 Å². The molecule has 0 bridgehead atoms. The number of amides is 2. The van der Waals surface area contributed by atoms with Gasteiger partial charge in [-0.1, -0.05) is 18.2 Å².